The number of halogens is 2. The van der Waals surface area contributed by atoms with E-state index in [0.717, 1.165) is 0 Å². The Morgan fingerprint density at radius 2 is 1.77 bits per heavy atom. The van der Waals surface area contributed by atoms with Crippen LogP contribution in [0.4, 0.5) is 16.5 Å². The SMILES string of the molecule is O=C(CC(=O)c1cnc(Nc2ccc(Cl)c(Cl)c2)s1)Nc1ccccc1. The quantitative estimate of drug-likeness (QED) is 0.425. The fraction of sp³-hybridized carbons (Fsp3) is 0.0556. The number of carbonyl (C=O) groups excluding carboxylic acids is 2. The van der Waals surface area contributed by atoms with Gasteiger partial charge in [0.2, 0.25) is 5.91 Å². The van der Waals surface area contributed by atoms with E-state index in [9.17, 15) is 9.59 Å². The molecule has 1 amide bonds. The molecular weight excluding hydrogens is 393 g/mol. The predicted octanol–water partition coefficient (Wildman–Crippen LogP) is 5.41. The van der Waals surface area contributed by atoms with Gasteiger partial charge in [-0.1, -0.05) is 52.7 Å². The Balaban J connectivity index is 1.60. The van der Waals surface area contributed by atoms with Crippen LogP contribution in [0, 0.1) is 0 Å². The van der Waals surface area contributed by atoms with Crippen LogP contribution < -0.4 is 10.6 Å². The maximum absolute atomic E-state index is 12.3. The summed E-state index contributed by atoms with van der Waals surface area (Å²) in [6, 6.07) is 14.1. The Labute approximate surface area is 164 Å². The molecule has 0 atom stereocenters. The number of hydrogen-bond acceptors (Lipinski definition) is 5. The predicted molar refractivity (Wildman–Crippen MR) is 106 cm³/mol. The van der Waals surface area contributed by atoms with Crippen molar-refractivity contribution in [1.82, 2.24) is 4.98 Å². The molecule has 3 rings (SSSR count). The highest BCUT2D eigenvalue weighted by Gasteiger charge is 2.15. The topological polar surface area (TPSA) is 71.1 Å². The number of hydrogen-bond donors (Lipinski definition) is 2. The average Bonchev–Trinajstić information content (AvgIpc) is 3.07. The zero-order valence-corrected chi connectivity index (χ0v) is 15.7. The highest BCUT2D eigenvalue weighted by atomic mass is 35.5. The standard InChI is InChI=1S/C18H13Cl2N3O2S/c19-13-7-6-12(8-14(13)20)23-18-21-10-16(26-18)15(24)9-17(25)22-11-4-2-1-3-5-11/h1-8,10H,9H2,(H,21,23)(H,22,25). The molecule has 2 N–H and O–H groups in total. The smallest absolute Gasteiger partial charge is 0.232 e. The van der Waals surface area contributed by atoms with Crippen molar-refractivity contribution in [2.24, 2.45) is 0 Å². The molecule has 1 heterocycles. The lowest BCUT2D eigenvalue weighted by Gasteiger charge is -2.04. The number of thiazole rings is 1. The maximum atomic E-state index is 12.3. The lowest BCUT2D eigenvalue weighted by molar-refractivity contribution is -0.115. The molecule has 1 aromatic heterocycles. The van der Waals surface area contributed by atoms with Gasteiger partial charge in [0.1, 0.15) is 0 Å². The number of Topliss-reactive ketones (excluding diaryl/α,β-unsaturated/α-hetero) is 1. The lowest BCUT2D eigenvalue weighted by atomic mass is 10.2. The van der Waals surface area contributed by atoms with E-state index in [-0.39, 0.29) is 18.1 Å². The van der Waals surface area contributed by atoms with Crippen LogP contribution in [-0.4, -0.2) is 16.7 Å². The fourth-order valence-electron chi connectivity index (χ4n) is 2.12. The highest BCUT2D eigenvalue weighted by Crippen LogP contribution is 2.28. The Hall–Kier alpha value is -2.41. The van der Waals surface area contributed by atoms with Gasteiger partial charge in [-0.25, -0.2) is 4.98 Å². The molecule has 3 aromatic rings. The summed E-state index contributed by atoms with van der Waals surface area (Å²) in [6.07, 6.45) is 1.20. The minimum atomic E-state index is -0.367. The van der Waals surface area contributed by atoms with E-state index >= 15 is 0 Å². The van der Waals surface area contributed by atoms with Crippen LogP contribution in [0.3, 0.4) is 0 Å². The molecule has 5 nitrogen and oxygen atoms in total. The summed E-state index contributed by atoms with van der Waals surface area (Å²) in [7, 11) is 0. The van der Waals surface area contributed by atoms with Crippen LogP contribution in [0.15, 0.2) is 54.7 Å². The molecule has 0 aliphatic heterocycles. The molecule has 0 radical (unpaired) electrons. The van der Waals surface area contributed by atoms with Crippen molar-refractivity contribution < 1.29 is 9.59 Å². The van der Waals surface area contributed by atoms with E-state index in [0.29, 0.717) is 31.4 Å². The molecule has 2 aromatic carbocycles. The molecule has 0 bridgehead atoms. The molecule has 132 valence electrons. The molecule has 26 heavy (non-hydrogen) atoms. The minimum absolute atomic E-state index is 0.247. The van der Waals surface area contributed by atoms with Crippen LogP contribution in [0.5, 0.6) is 0 Å². The first-order chi connectivity index (χ1) is 12.5. The number of para-hydroxylation sites is 1. The summed E-state index contributed by atoms with van der Waals surface area (Å²) in [5.74, 6) is -0.660. The normalized spacial score (nSPS) is 10.4. The molecule has 0 fully saturated rings. The van der Waals surface area contributed by atoms with E-state index in [1.54, 1.807) is 30.3 Å². The van der Waals surface area contributed by atoms with Gasteiger partial charge >= 0.3 is 0 Å². The molecular formula is C18H13Cl2N3O2S. The van der Waals surface area contributed by atoms with E-state index in [1.165, 1.54) is 17.5 Å². The number of aromatic nitrogens is 1. The van der Waals surface area contributed by atoms with Crippen LogP contribution in [0.1, 0.15) is 16.1 Å². The summed E-state index contributed by atoms with van der Waals surface area (Å²) >= 11 is 13.0. The summed E-state index contributed by atoms with van der Waals surface area (Å²) in [5.41, 5.74) is 1.35. The van der Waals surface area contributed by atoms with Gasteiger partial charge in [0.25, 0.3) is 0 Å². The zero-order valence-electron chi connectivity index (χ0n) is 13.3. The molecule has 0 saturated heterocycles. The largest absolute Gasteiger partial charge is 0.331 e. The third-order valence-electron chi connectivity index (χ3n) is 3.33. The zero-order chi connectivity index (χ0) is 18.5. The van der Waals surface area contributed by atoms with Gasteiger partial charge in [-0.3, -0.25) is 9.59 Å². The average molecular weight is 406 g/mol. The monoisotopic (exact) mass is 405 g/mol. The Kier molecular flexibility index (Phi) is 5.88. The first-order valence-electron chi connectivity index (χ1n) is 7.57. The highest BCUT2D eigenvalue weighted by molar-refractivity contribution is 7.17. The minimum Gasteiger partial charge on any atom is -0.331 e. The van der Waals surface area contributed by atoms with Crippen LogP contribution >= 0.6 is 34.5 Å². The number of carbonyl (C=O) groups is 2. The number of amides is 1. The van der Waals surface area contributed by atoms with Gasteiger partial charge in [0.15, 0.2) is 10.9 Å². The Bertz CT molecular complexity index is 945. The van der Waals surface area contributed by atoms with Gasteiger partial charge in [-0.15, -0.1) is 0 Å². The van der Waals surface area contributed by atoms with E-state index in [2.05, 4.69) is 15.6 Å². The molecule has 0 aliphatic carbocycles. The van der Waals surface area contributed by atoms with E-state index in [4.69, 9.17) is 23.2 Å². The first kappa shape index (κ1) is 18.4. The number of nitrogens with one attached hydrogen (secondary N) is 2. The Morgan fingerprint density at radius 1 is 1.00 bits per heavy atom. The Morgan fingerprint density at radius 3 is 2.50 bits per heavy atom. The van der Waals surface area contributed by atoms with Crippen LogP contribution in [-0.2, 0) is 4.79 Å². The molecule has 0 saturated carbocycles. The second-order valence-electron chi connectivity index (χ2n) is 5.30. The van der Waals surface area contributed by atoms with E-state index in [1.807, 2.05) is 18.2 Å². The van der Waals surface area contributed by atoms with Gasteiger partial charge < -0.3 is 10.6 Å². The number of ketones is 1. The van der Waals surface area contributed by atoms with Crippen molar-refractivity contribution in [2.45, 2.75) is 6.42 Å². The third-order valence-corrected chi connectivity index (χ3v) is 5.02. The lowest BCUT2D eigenvalue weighted by Crippen LogP contribution is -2.15. The summed E-state index contributed by atoms with van der Waals surface area (Å²) in [5, 5.41) is 7.13. The summed E-state index contributed by atoms with van der Waals surface area (Å²) in [6.45, 7) is 0. The number of rotatable bonds is 6. The summed E-state index contributed by atoms with van der Waals surface area (Å²) in [4.78, 5) is 28.8. The summed E-state index contributed by atoms with van der Waals surface area (Å²) < 4.78 is 0. The van der Waals surface area contributed by atoms with Gasteiger partial charge in [0.05, 0.1) is 27.5 Å². The van der Waals surface area contributed by atoms with Crippen molar-refractivity contribution in [3.05, 3.63) is 69.7 Å². The number of nitrogens with zero attached hydrogens (tertiary/aromatic N) is 1. The molecule has 0 spiro atoms. The van der Waals surface area contributed by atoms with Crippen LogP contribution in [0.2, 0.25) is 10.0 Å². The molecule has 0 unspecified atom stereocenters. The van der Waals surface area contributed by atoms with Crippen molar-refractivity contribution in [3.8, 4) is 0 Å². The number of anilines is 3. The van der Waals surface area contributed by atoms with Crippen molar-refractivity contribution in [2.75, 3.05) is 10.6 Å². The number of benzene rings is 2. The van der Waals surface area contributed by atoms with Gasteiger partial charge in [0, 0.05) is 11.4 Å². The van der Waals surface area contributed by atoms with Crippen LogP contribution in [0.25, 0.3) is 0 Å². The molecule has 8 heteroatoms. The second kappa shape index (κ2) is 8.31. The van der Waals surface area contributed by atoms with Gasteiger partial charge in [-0.05, 0) is 30.3 Å². The maximum Gasteiger partial charge on any atom is 0.232 e. The second-order valence-corrected chi connectivity index (χ2v) is 7.14. The van der Waals surface area contributed by atoms with Crippen molar-refractivity contribution >= 4 is 62.7 Å². The van der Waals surface area contributed by atoms with Crippen molar-refractivity contribution in [1.29, 1.82) is 0 Å². The van der Waals surface area contributed by atoms with Gasteiger partial charge in [-0.2, -0.15) is 0 Å². The van der Waals surface area contributed by atoms with Crippen molar-refractivity contribution in [3.63, 3.8) is 0 Å². The van der Waals surface area contributed by atoms with E-state index < -0.39 is 0 Å². The molecule has 0 aliphatic rings. The third kappa shape index (κ3) is 4.82. The fourth-order valence-corrected chi connectivity index (χ4v) is 3.19. The first-order valence-corrected chi connectivity index (χ1v) is 9.14.